The first-order valence-electron chi connectivity index (χ1n) is 5.54. The number of nitrogens with one attached hydrogen (secondary N) is 1. The number of aryl methyl sites for hydroxylation is 1. The van der Waals surface area contributed by atoms with E-state index in [1.807, 2.05) is 31.4 Å². The number of rotatable bonds is 5. The van der Waals surface area contributed by atoms with Crippen LogP contribution >= 0.6 is 0 Å². The van der Waals surface area contributed by atoms with Crippen LogP contribution in [0, 0.1) is 0 Å². The average Bonchev–Trinajstić information content (AvgIpc) is 2.81. The fourth-order valence-corrected chi connectivity index (χ4v) is 1.61. The summed E-state index contributed by atoms with van der Waals surface area (Å²) in [5, 5.41) is 11.1. The third-order valence-corrected chi connectivity index (χ3v) is 2.52. The lowest BCUT2D eigenvalue weighted by molar-refractivity contribution is 0.404. The molecule has 1 aromatic heterocycles. The van der Waals surface area contributed by atoms with Crippen molar-refractivity contribution in [1.82, 2.24) is 15.0 Å². The van der Waals surface area contributed by atoms with Gasteiger partial charge in [0.15, 0.2) is 0 Å². The number of hydrogen-bond acceptors (Lipinski definition) is 5. The number of benzene rings is 1. The predicted molar refractivity (Wildman–Crippen MR) is 67.9 cm³/mol. The summed E-state index contributed by atoms with van der Waals surface area (Å²) >= 11 is 0. The van der Waals surface area contributed by atoms with Crippen molar-refractivity contribution in [1.29, 1.82) is 0 Å². The van der Waals surface area contributed by atoms with E-state index in [1.54, 1.807) is 18.9 Å². The lowest BCUT2D eigenvalue weighted by Crippen LogP contribution is -2.02. The molecule has 6 heteroatoms. The molecular weight excluding hydrogens is 232 g/mol. The van der Waals surface area contributed by atoms with Gasteiger partial charge in [-0.3, -0.25) is 4.68 Å². The first-order chi connectivity index (χ1) is 8.72. The Labute approximate surface area is 106 Å². The van der Waals surface area contributed by atoms with Crippen LogP contribution in [0.5, 0.6) is 11.5 Å². The van der Waals surface area contributed by atoms with Crippen LogP contribution in [0.25, 0.3) is 0 Å². The first kappa shape index (κ1) is 12.2. The number of nitrogens with zero attached hydrogens (tertiary/aromatic N) is 3. The van der Waals surface area contributed by atoms with E-state index in [2.05, 4.69) is 15.6 Å². The Morgan fingerprint density at radius 2 is 2.11 bits per heavy atom. The van der Waals surface area contributed by atoms with Crippen LogP contribution < -0.4 is 14.8 Å². The van der Waals surface area contributed by atoms with Crippen molar-refractivity contribution in [2.75, 3.05) is 19.5 Å². The number of ether oxygens (including phenoxy) is 2. The van der Waals surface area contributed by atoms with Crippen molar-refractivity contribution in [3.63, 3.8) is 0 Å². The van der Waals surface area contributed by atoms with E-state index >= 15 is 0 Å². The summed E-state index contributed by atoms with van der Waals surface area (Å²) in [6, 6.07) is 5.60. The molecule has 0 radical (unpaired) electrons. The van der Waals surface area contributed by atoms with Gasteiger partial charge in [-0.1, -0.05) is 5.21 Å². The van der Waals surface area contributed by atoms with Crippen LogP contribution in [0.15, 0.2) is 24.4 Å². The fourth-order valence-electron chi connectivity index (χ4n) is 1.61. The molecule has 2 rings (SSSR count). The molecule has 0 saturated carbocycles. The number of anilines is 1. The van der Waals surface area contributed by atoms with E-state index < -0.39 is 0 Å². The molecule has 1 heterocycles. The minimum Gasteiger partial charge on any atom is -0.497 e. The molecule has 0 aliphatic carbocycles. The third-order valence-electron chi connectivity index (χ3n) is 2.52. The van der Waals surface area contributed by atoms with Gasteiger partial charge < -0.3 is 14.8 Å². The molecule has 0 bridgehead atoms. The maximum Gasteiger partial charge on any atom is 0.142 e. The number of methoxy groups -OCH3 is 2. The van der Waals surface area contributed by atoms with E-state index in [9.17, 15) is 0 Å². The average molecular weight is 248 g/mol. The topological polar surface area (TPSA) is 61.2 Å². The summed E-state index contributed by atoms with van der Waals surface area (Å²) in [6.07, 6.45) is 1.86. The second-order valence-electron chi connectivity index (χ2n) is 3.80. The predicted octanol–water partition coefficient (Wildman–Crippen LogP) is 1.44. The number of aromatic nitrogens is 3. The standard InChI is InChI=1S/C12H16N4O2/c1-16-8-9(14-15-16)7-13-11-6-10(17-2)4-5-12(11)18-3/h4-6,8,13H,7H2,1-3H3. The normalized spacial score (nSPS) is 10.2. The third kappa shape index (κ3) is 2.71. The molecule has 1 aromatic carbocycles. The Balaban J connectivity index is 2.11. The second kappa shape index (κ2) is 5.39. The van der Waals surface area contributed by atoms with Crippen molar-refractivity contribution in [2.24, 2.45) is 7.05 Å². The molecule has 0 aliphatic rings. The van der Waals surface area contributed by atoms with Crippen LogP contribution in [0.4, 0.5) is 5.69 Å². The van der Waals surface area contributed by atoms with Crippen molar-refractivity contribution >= 4 is 5.69 Å². The molecule has 18 heavy (non-hydrogen) atoms. The van der Waals surface area contributed by atoms with Crippen LogP contribution in [0.3, 0.4) is 0 Å². The van der Waals surface area contributed by atoms with Crippen molar-refractivity contribution in [3.05, 3.63) is 30.1 Å². The molecule has 0 amide bonds. The van der Waals surface area contributed by atoms with Gasteiger partial charge in [0.1, 0.15) is 17.2 Å². The Hall–Kier alpha value is -2.24. The summed E-state index contributed by atoms with van der Waals surface area (Å²) in [7, 11) is 5.10. The molecular formula is C12H16N4O2. The maximum atomic E-state index is 5.28. The highest BCUT2D eigenvalue weighted by atomic mass is 16.5. The zero-order valence-corrected chi connectivity index (χ0v) is 10.7. The molecule has 6 nitrogen and oxygen atoms in total. The van der Waals surface area contributed by atoms with Crippen molar-refractivity contribution in [2.45, 2.75) is 6.54 Å². The smallest absolute Gasteiger partial charge is 0.142 e. The fraction of sp³-hybridized carbons (Fsp3) is 0.333. The van der Waals surface area contributed by atoms with Gasteiger partial charge in [0.2, 0.25) is 0 Å². The molecule has 0 atom stereocenters. The molecule has 0 saturated heterocycles. The van der Waals surface area contributed by atoms with Crippen molar-refractivity contribution in [3.8, 4) is 11.5 Å². The lowest BCUT2D eigenvalue weighted by Gasteiger charge is -2.11. The molecule has 2 aromatic rings. The Morgan fingerprint density at radius 3 is 2.72 bits per heavy atom. The van der Waals surface area contributed by atoms with Crippen LogP contribution in [-0.2, 0) is 13.6 Å². The summed E-state index contributed by atoms with van der Waals surface area (Å²) in [4.78, 5) is 0. The van der Waals surface area contributed by atoms with E-state index in [1.165, 1.54) is 0 Å². The van der Waals surface area contributed by atoms with Crippen LogP contribution in [-0.4, -0.2) is 29.2 Å². The number of hydrogen-bond donors (Lipinski definition) is 1. The Morgan fingerprint density at radius 1 is 1.28 bits per heavy atom. The van der Waals surface area contributed by atoms with Gasteiger partial charge >= 0.3 is 0 Å². The highest BCUT2D eigenvalue weighted by Crippen LogP contribution is 2.29. The summed E-state index contributed by atoms with van der Waals surface area (Å²) < 4.78 is 12.1. The van der Waals surface area contributed by atoms with Gasteiger partial charge in [-0.15, -0.1) is 5.10 Å². The van der Waals surface area contributed by atoms with Gasteiger partial charge in [0.05, 0.1) is 26.5 Å². The summed E-state index contributed by atoms with van der Waals surface area (Å²) in [5.74, 6) is 1.54. The molecule has 96 valence electrons. The molecule has 1 N–H and O–H groups in total. The maximum absolute atomic E-state index is 5.28. The minimum atomic E-state index is 0.581. The van der Waals surface area contributed by atoms with Gasteiger partial charge in [0, 0.05) is 19.3 Å². The quantitative estimate of drug-likeness (QED) is 0.867. The zero-order chi connectivity index (χ0) is 13.0. The van der Waals surface area contributed by atoms with Gasteiger partial charge in [-0.25, -0.2) is 0 Å². The first-order valence-corrected chi connectivity index (χ1v) is 5.54. The molecule has 0 aliphatic heterocycles. The zero-order valence-electron chi connectivity index (χ0n) is 10.7. The van der Waals surface area contributed by atoms with Crippen LogP contribution in [0.1, 0.15) is 5.69 Å². The summed E-state index contributed by atoms with van der Waals surface area (Å²) in [6.45, 7) is 0.581. The van der Waals surface area contributed by atoms with Crippen LogP contribution in [0.2, 0.25) is 0 Å². The van der Waals surface area contributed by atoms with Gasteiger partial charge in [-0.2, -0.15) is 0 Å². The van der Waals surface area contributed by atoms with E-state index in [0.29, 0.717) is 6.54 Å². The summed E-state index contributed by atoms with van der Waals surface area (Å²) in [5.41, 5.74) is 1.73. The molecule has 0 unspecified atom stereocenters. The monoisotopic (exact) mass is 248 g/mol. The second-order valence-corrected chi connectivity index (χ2v) is 3.80. The van der Waals surface area contributed by atoms with Crippen molar-refractivity contribution < 1.29 is 9.47 Å². The van der Waals surface area contributed by atoms with Gasteiger partial charge in [0.25, 0.3) is 0 Å². The Kier molecular flexibility index (Phi) is 3.66. The van der Waals surface area contributed by atoms with E-state index in [4.69, 9.17) is 9.47 Å². The Bertz CT molecular complexity index is 525. The lowest BCUT2D eigenvalue weighted by atomic mass is 10.2. The van der Waals surface area contributed by atoms with Gasteiger partial charge in [-0.05, 0) is 12.1 Å². The molecule has 0 spiro atoms. The highest BCUT2D eigenvalue weighted by Gasteiger charge is 2.05. The van der Waals surface area contributed by atoms with E-state index in [-0.39, 0.29) is 0 Å². The highest BCUT2D eigenvalue weighted by molar-refractivity contribution is 5.59. The largest absolute Gasteiger partial charge is 0.497 e. The molecule has 0 fully saturated rings. The SMILES string of the molecule is COc1ccc(OC)c(NCc2cn(C)nn2)c1. The van der Waals surface area contributed by atoms with E-state index in [0.717, 1.165) is 22.9 Å². The minimum absolute atomic E-state index is 0.581.